The highest BCUT2D eigenvalue weighted by Gasteiger charge is 2.27. The lowest BCUT2D eigenvalue weighted by Gasteiger charge is -2.38. The molecule has 3 heterocycles. The van der Waals surface area contributed by atoms with E-state index in [-0.39, 0.29) is 24.4 Å². The number of hydrogen-bond acceptors (Lipinski definition) is 6. The molecule has 0 spiro atoms. The topological polar surface area (TPSA) is 84.4 Å². The molecule has 8 heteroatoms. The number of carbonyl (C=O) groups is 1. The zero-order valence-electron chi connectivity index (χ0n) is 13.2. The number of hydrogen-bond donors (Lipinski definition) is 1. The van der Waals surface area contributed by atoms with E-state index < -0.39 is 0 Å². The van der Waals surface area contributed by atoms with Gasteiger partial charge in [0.05, 0.1) is 11.8 Å². The SMILES string of the molecule is CC1NCCN(C(=O)CCc2nc(-c3ccoc3)no2)C1C.Cl. The van der Waals surface area contributed by atoms with Crippen LogP contribution in [0.25, 0.3) is 11.4 Å². The van der Waals surface area contributed by atoms with Crippen LogP contribution in [0.2, 0.25) is 0 Å². The molecule has 23 heavy (non-hydrogen) atoms. The van der Waals surface area contributed by atoms with Crippen LogP contribution in [-0.4, -0.2) is 46.1 Å². The van der Waals surface area contributed by atoms with Crippen molar-refractivity contribution in [2.45, 2.75) is 38.8 Å². The number of carbonyl (C=O) groups excluding carboxylic acids is 1. The number of rotatable bonds is 4. The van der Waals surface area contributed by atoms with Crippen molar-refractivity contribution in [1.29, 1.82) is 0 Å². The number of aryl methyl sites for hydroxylation is 1. The van der Waals surface area contributed by atoms with Gasteiger partial charge in [0.2, 0.25) is 17.6 Å². The third-order valence-electron chi connectivity index (χ3n) is 4.15. The second kappa shape index (κ2) is 7.61. The van der Waals surface area contributed by atoms with Gasteiger partial charge >= 0.3 is 0 Å². The van der Waals surface area contributed by atoms with Crippen LogP contribution >= 0.6 is 12.4 Å². The van der Waals surface area contributed by atoms with Gasteiger partial charge in [0.15, 0.2) is 0 Å². The maximum atomic E-state index is 12.4. The van der Waals surface area contributed by atoms with Gasteiger partial charge in [-0.25, -0.2) is 0 Å². The fraction of sp³-hybridized carbons (Fsp3) is 0.533. The summed E-state index contributed by atoms with van der Waals surface area (Å²) >= 11 is 0. The number of furan rings is 1. The summed E-state index contributed by atoms with van der Waals surface area (Å²) in [6.45, 7) is 5.74. The summed E-state index contributed by atoms with van der Waals surface area (Å²) in [5.41, 5.74) is 0.769. The Morgan fingerprint density at radius 1 is 1.48 bits per heavy atom. The van der Waals surface area contributed by atoms with Crippen LogP contribution in [0.3, 0.4) is 0 Å². The van der Waals surface area contributed by atoms with E-state index in [0.29, 0.717) is 30.6 Å². The van der Waals surface area contributed by atoms with Crippen LogP contribution < -0.4 is 5.32 Å². The van der Waals surface area contributed by atoms with Gasteiger partial charge in [0.25, 0.3) is 0 Å². The first-order valence-corrected chi connectivity index (χ1v) is 7.53. The summed E-state index contributed by atoms with van der Waals surface area (Å²) < 4.78 is 10.2. The van der Waals surface area contributed by atoms with Gasteiger partial charge in [-0.05, 0) is 19.9 Å². The molecule has 7 nitrogen and oxygen atoms in total. The number of nitrogens with one attached hydrogen (secondary N) is 1. The van der Waals surface area contributed by atoms with Gasteiger partial charge in [-0.3, -0.25) is 4.79 Å². The van der Waals surface area contributed by atoms with Crippen LogP contribution in [0.4, 0.5) is 0 Å². The Labute approximate surface area is 140 Å². The van der Waals surface area contributed by atoms with E-state index >= 15 is 0 Å². The molecule has 0 radical (unpaired) electrons. The number of nitrogens with zero attached hydrogens (tertiary/aromatic N) is 3. The van der Waals surface area contributed by atoms with Crippen molar-refractivity contribution in [3.05, 3.63) is 24.5 Å². The van der Waals surface area contributed by atoms with E-state index in [0.717, 1.165) is 18.7 Å². The number of piperazine rings is 1. The molecule has 2 aromatic heterocycles. The minimum atomic E-state index is 0. The summed E-state index contributed by atoms with van der Waals surface area (Å²) in [6, 6.07) is 2.28. The summed E-state index contributed by atoms with van der Waals surface area (Å²) in [6.07, 6.45) is 3.95. The molecule has 0 bridgehead atoms. The molecule has 3 rings (SSSR count). The van der Waals surface area contributed by atoms with E-state index in [1.807, 2.05) is 4.90 Å². The molecule has 126 valence electrons. The number of halogens is 1. The van der Waals surface area contributed by atoms with Gasteiger partial charge < -0.3 is 19.2 Å². The molecule has 1 N–H and O–H groups in total. The van der Waals surface area contributed by atoms with Gasteiger partial charge in [-0.15, -0.1) is 12.4 Å². The molecule has 0 aliphatic carbocycles. The fourth-order valence-corrected chi connectivity index (χ4v) is 2.63. The van der Waals surface area contributed by atoms with Crippen molar-refractivity contribution in [3.63, 3.8) is 0 Å². The maximum Gasteiger partial charge on any atom is 0.227 e. The normalized spacial score (nSPS) is 21.0. The predicted molar refractivity (Wildman–Crippen MR) is 86.2 cm³/mol. The molecule has 1 amide bonds. The Hall–Kier alpha value is -1.86. The Kier molecular flexibility index (Phi) is 5.79. The van der Waals surface area contributed by atoms with Crippen molar-refractivity contribution in [2.75, 3.05) is 13.1 Å². The molecule has 0 saturated carbocycles. The number of aromatic nitrogens is 2. The third kappa shape index (κ3) is 3.92. The van der Waals surface area contributed by atoms with E-state index in [1.54, 1.807) is 18.6 Å². The molecule has 1 aliphatic rings. The molecule has 2 atom stereocenters. The van der Waals surface area contributed by atoms with Gasteiger partial charge in [-0.1, -0.05) is 5.16 Å². The van der Waals surface area contributed by atoms with Crippen LogP contribution in [0.15, 0.2) is 27.5 Å². The third-order valence-corrected chi connectivity index (χ3v) is 4.15. The Morgan fingerprint density at radius 3 is 3.04 bits per heavy atom. The molecule has 0 aromatic carbocycles. The number of amides is 1. The molecular formula is C15H21ClN4O3. The van der Waals surface area contributed by atoms with Crippen LogP contribution in [0.5, 0.6) is 0 Å². The van der Waals surface area contributed by atoms with Crippen molar-refractivity contribution >= 4 is 18.3 Å². The first-order valence-electron chi connectivity index (χ1n) is 7.53. The first-order chi connectivity index (χ1) is 10.6. The Balaban J connectivity index is 0.00000192. The Morgan fingerprint density at radius 2 is 2.30 bits per heavy atom. The molecule has 2 unspecified atom stereocenters. The van der Waals surface area contributed by atoms with E-state index in [9.17, 15) is 4.79 Å². The molecule has 1 aliphatic heterocycles. The average Bonchev–Trinajstić information content (AvgIpc) is 3.18. The van der Waals surface area contributed by atoms with E-state index in [2.05, 4.69) is 29.3 Å². The second-order valence-corrected chi connectivity index (χ2v) is 5.59. The molecule has 1 fully saturated rings. The lowest BCUT2D eigenvalue weighted by atomic mass is 10.1. The highest BCUT2D eigenvalue weighted by Crippen LogP contribution is 2.17. The average molecular weight is 341 g/mol. The van der Waals surface area contributed by atoms with E-state index in [1.165, 1.54) is 0 Å². The van der Waals surface area contributed by atoms with Crippen molar-refractivity contribution in [2.24, 2.45) is 0 Å². The summed E-state index contributed by atoms with van der Waals surface area (Å²) in [5.74, 6) is 1.09. The molecule has 1 saturated heterocycles. The summed E-state index contributed by atoms with van der Waals surface area (Å²) in [5, 5.41) is 7.26. The van der Waals surface area contributed by atoms with Crippen molar-refractivity contribution < 1.29 is 13.7 Å². The van der Waals surface area contributed by atoms with Gasteiger partial charge in [-0.2, -0.15) is 4.98 Å². The highest BCUT2D eigenvalue weighted by atomic mass is 35.5. The minimum absolute atomic E-state index is 0. The van der Waals surface area contributed by atoms with Crippen molar-refractivity contribution in [1.82, 2.24) is 20.4 Å². The summed E-state index contributed by atoms with van der Waals surface area (Å²) in [7, 11) is 0. The fourth-order valence-electron chi connectivity index (χ4n) is 2.63. The summed E-state index contributed by atoms with van der Waals surface area (Å²) in [4.78, 5) is 18.6. The zero-order valence-corrected chi connectivity index (χ0v) is 14.0. The standard InChI is InChI=1S/C15H20N4O3.ClH/c1-10-11(2)19(7-6-16-10)14(20)4-3-13-17-15(18-22-13)12-5-8-21-9-12;/h5,8-11,16H,3-4,6-7H2,1-2H3;1H. The Bertz CT molecular complexity index is 628. The zero-order chi connectivity index (χ0) is 15.5. The molecular weight excluding hydrogens is 320 g/mol. The first kappa shape index (κ1) is 17.5. The predicted octanol–water partition coefficient (Wildman–Crippen LogP) is 1.89. The quantitative estimate of drug-likeness (QED) is 0.915. The van der Waals surface area contributed by atoms with Gasteiger partial charge in [0.1, 0.15) is 6.26 Å². The van der Waals surface area contributed by atoms with Crippen LogP contribution in [-0.2, 0) is 11.2 Å². The lowest BCUT2D eigenvalue weighted by molar-refractivity contribution is -0.134. The molecule has 2 aromatic rings. The highest BCUT2D eigenvalue weighted by molar-refractivity contribution is 5.85. The smallest absolute Gasteiger partial charge is 0.227 e. The largest absolute Gasteiger partial charge is 0.472 e. The lowest BCUT2D eigenvalue weighted by Crippen LogP contribution is -2.57. The maximum absolute atomic E-state index is 12.4. The van der Waals surface area contributed by atoms with Crippen LogP contribution in [0, 0.1) is 0 Å². The second-order valence-electron chi connectivity index (χ2n) is 5.59. The monoisotopic (exact) mass is 340 g/mol. The minimum Gasteiger partial charge on any atom is -0.472 e. The van der Waals surface area contributed by atoms with Crippen LogP contribution in [0.1, 0.15) is 26.2 Å². The van der Waals surface area contributed by atoms with Gasteiger partial charge in [0, 0.05) is 38.0 Å². The van der Waals surface area contributed by atoms with Crippen molar-refractivity contribution in [3.8, 4) is 11.4 Å². The van der Waals surface area contributed by atoms with E-state index in [4.69, 9.17) is 8.94 Å².